The molecule has 0 spiro atoms. The molecule has 0 unspecified atom stereocenters. The van der Waals surface area contributed by atoms with Gasteiger partial charge >= 0.3 is 0 Å². The molecule has 7 heteroatoms. The average molecular weight is 725 g/mol. The maximum atomic E-state index is 11.2. The molecule has 1 aliphatic heterocycles. The quantitative estimate of drug-likeness (QED) is 0.0966. The molecule has 5 rings (SSSR count). The third kappa shape index (κ3) is 8.85. The van der Waals surface area contributed by atoms with Crippen molar-refractivity contribution in [1.82, 2.24) is 0 Å². The van der Waals surface area contributed by atoms with Gasteiger partial charge in [0.15, 0.2) is 0 Å². The Hall–Kier alpha value is -2.89. The predicted octanol–water partition coefficient (Wildman–Crippen LogP) is 6.97. The monoisotopic (exact) mass is 724 g/mol. The topological polar surface area (TPSA) is 68.2 Å². The molecule has 1 heterocycles. The highest BCUT2D eigenvalue weighted by molar-refractivity contribution is 7.00. The third-order valence-corrected chi connectivity index (χ3v) is 20.8. The normalized spacial score (nSPS) is 18.4. The molecule has 2 N–H and O–H groups in total. The zero-order valence-electron chi connectivity index (χ0n) is 31.6. The summed E-state index contributed by atoms with van der Waals surface area (Å²) in [5.74, 6) is 0. The van der Waals surface area contributed by atoms with E-state index in [4.69, 9.17) is 13.6 Å². The zero-order valence-corrected chi connectivity index (χ0v) is 33.6. The molecule has 0 saturated carbocycles. The Balaban J connectivity index is 1.14. The lowest BCUT2D eigenvalue weighted by Gasteiger charge is -2.43. The molecule has 0 bridgehead atoms. The Bertz CT molecular complexity index is 1390. The van der Waals surface area contributed by atoms with Gasteiger partial charge in [0.25, 0.3) is 16.6 Å². The maximum Gasteiger partial charge on any atom is 0.261 e. The van der Waals surface area contributed by atoms with Crippen molar-refractivity contribution in [3.05, 3.63) is 121 Å². The minimum absolute atomic E-state index is 0.0865. The molecule has 274 valence electrons. The molecular weight excluding hydrogens is 665 g/mol. The standard InChI is InChI=1S/C44H60O5Si2/c1-43(2,3)50(35-21-11-7-12-22-35,36-23-13-8-14-24-36)47-33-19-29-39(45)41-31-32-42(49-41)40(46)30-20-34-48-51(44(4,5)6,37-25-15-9-16-26-37)38-27-17-10-18-28-38/h7-18,21-28,39-42,45-46H,19-20,29-34H2,1-6H3/t39-,40+,41-,42+. The van der Waals surface area contributed by atoms with E-state index in [-0.39, 0.29) is 22.3 Å². The fraction of sp³-hybridized carbons (Fsp3) is 0.455. The van der Waals surface area contributed by atoms with Crippen molar-refractivity contribution < 1.29 is 23.8 Å². The summed E-state index contributed by atoms with van der Waals surface area (Å²) in [4.78, 5) is 0. The van der Waals surface area contributed by atoms with Crippen molar-refractivity contribution in [1.29, 1.82) is 0 Å². The van der Waals surface area contributed by atoms with Crippen LogP contribution in [0.15, 0.2) is 121 Å². The number of hydrogen-bond donors (Lipinski definition) is 2. The first kappa shape index (κ1) is 39.3. The van der Waals surface area contributed by atoms with Crippen LogP contribution in [0.4, 0.5) is 0 Å². The van der Waals surface area contributed by atoms with Crippen molar-refractivity contribution in [3.8, 4) is 0 Å². The smallest absolute Gasteiger partial charge is 0.261 e. The molecule has 4 aromatic carbocycles. The van der Waals surface area contributed by atoms with Gasteiger partial charge in [-0.3, -0.25) is 0 Å². The number of aliphatic hydroxyl groups excluding tert-OH is 2. The molecule has 0 aliphatic carbocycles. The zero-order chi connectivity index (χ0) is 36.5. The molecule has 0 amide bonds. The van der Waals surface area contributed by atoms with Gasteiger partial charge in [-0.1, -0.05) is 163 Å². The number of hydrogen-bond acceptors (Lipinski definition) is 5. The molecule has 1 fully saturated rings. The first-order chi connectivity index (χ1) is 24.4. The fourth-order valence-electron chi connectivity index (χ4n) is 8.19. The number of aliphatic hydroxyl groups is 2. The van der Waals surface area contributed by atoms with Crippen LogP contribution in [0.2, 0.25) is 10.1 Å². The van der Waals surface area contributed by atoms with Gasteiger partial charge in [0.05, 0.1) is 24.4 Å². The second-order valence-corrected chi connectivity index (χ2v) is 24.8. The van der Waals surface area contributed by atoms with E-state index in [1.807, 2.05) is 0 Å². The molecular formula is C44H60O5Si2. The van der Waals surface area contributed by atoms with E-state index in [9.17, 15) is 10.2 Å². The summed E-state index contributed by atoms with van der Waals surface area (Å²) in [5.41, 5.74) is 0. The highest BCUT2D eigenvalue weighted by Gasteiger charge is 2.51. The SMILES string of the molecule is CC(C)(C)[Si](OCCC[C@@H](O)[C@H]1CC[C@@H]([C@@H](O)CCCO[Si](c2ccccc2)(c2ccccc2)C(C)(C)C)O1)(c1ccccc1)c1ccccc1. The van der Waals surface area contributed by atoms with Gasteiger partial charge in [-0.15, -0.1) is 0 Å². The summed E-state index contributed by atoms with van der Waals surface area (Å²) in [7, 11) is -5.22. The summed E-state index contributed by atoms with van der Waals surface area (Å²) >= 11 is 0. The minimum atomic E-state index is -2.61. The van der Waals surface area contributed by atoms with Gasteiger partial charge in [0.1, 0.15) is 0 Å². The second-order valence-electron chi connectivity index (χ2n) is 16.2. The first-order valence-corrected chi connectivity index (χ1v) is 22.7. The van der Waals surface area contributed by atoms with Crippen molar-refractivity contribution in [2.75, 3.05) is 13.2 Å². The molecule has 1 aliphatic rings. The molecule has 0 aromatic heterocycles. The van der Waals surface area contributed by atoms with Crippen LogP contribution in [0, 0.1) is 0 Å². The van der Waals surface area contributed by atoms with Gasteiger partial charge in [-0.25, -0.2) is 0 Å². The Kier molecular flexibility index (Phi) is 13.3. The van der Waals surface area contributed by atoms with Crippen molar-refractivity contribution in [3.63, 3.8) is 0 Å². The van der Waals surface area contributed by atoms with Crippen molar-refractivity contribution in [2.24, 2.45) is 0 Å². The molecule has 51 heavy (non-hydrogen) atoms. The lowest BCUT2D eigenvalue weighted by molar-refractivity contribution is -0.0793. The van der Waals surface area contributed by atoms with Gasteiger partial charge in [-0.2, -0.15) is 0 Å². The van der Waals surface area contributed by atoms with Gasteiger partial charge < -0.3 is 23.8 Å². The Morgan fingerprint density at radius 3 is 1.06 bits per heavy atom. The van der Waals surface area contributed by atoms with Gasteiger partial charge in [0, 0.05) is 13.2 Å². The van der Waals surface area contributed by atoms with E-state index in [2.05, 4.69) is 163 Å². The summed E-state index contributed by atoms with van der Waals surface area (Å²) in [6.45, 7) is 14.8. The van der Waals surface area contributed by atoms with Crippen LogP contribution in [-0.4, -0.2) is 64.5 Å². The molecule has 0 radical (unpaired) electrons. The third-order valence-electron chi connectivity index (χ3n) is 10.7. The van der Waals surface area contributed by atoms with E-state index in [1.165, 1.54) is 20.7 Å². The van der Waals surface area contributed by atoms with E-state index < -0.39 is 28.8 Å². The largest absolute Gasteiger partial charge is 0.407 e. The van der Waals surface area contributed by atoms with Crippen LogP contribution in [0.5, 0.6) is 0 Å². The highest BCUT2D eigenvalue weighted by Crippen LogP contribution is 2.38. The predicted molar refractivity (Wildman–Crippen MR) is 216 cm³/mol. The summed E-state index contributed by atoms with van der Waals surface area (Å²) < 4.78 is 20.4. The Morgan fingerprint density at radius 1 is 0.529 bits per heavy atom. The second kappa shape index (κ2) is 17.3. The van der Waals surface area contributed by atoms with E-state index in [1.54, 1.807) is 0 Å². The number of benzene rings is 4. The molecule has 4 atom stereocenters. The minimum Gasteiger partial charge on any atom is -0.407 e. The lowest BCUT2D eigenvalue weighted by Crippen LogP contribution is -2.66. The lowest BCUT2D eigenvalue weighted by atomic mass is 10.0. The van der Waals surface area contributed by atoms with Crippen LogP contribution in [0.25, 0.3) is 0 Å². The van der Waals surface area contributed by atoms with Crippen LogP contribution in [0.1, 0.15) is 80.1 Å². The maximum absolute atomic E-state index is 11.2. The van der Waals surface area contributed by atoms with Crippen LogP contribution in [-0.2, 0) is 13.6 Å². The van der Waals surface area contributed by atoms with E-state index >= 15 is 0 Å². The highest BCUT2D eigenvalue weighted by atomic mass is 28.4. The van der Waals surface area contributed by atoms with Gasteiger partial charge in [-0.05, 0) is 69.3 Å². The average Bonchev–Trinajstić information content (AvgIpc) is 3.63. The Labute approximate surface area is 309 Å². The first-order valence-electron chi connectivity index (χ1n) is 18.9. The molecule has 1 saturated heterocycles. The summed E-state index contributed by atoms with van der Waals surface area (Å²) in [6.07, 6.45) is 2.42. The fourth-order valence-corrected chi connectivity index (χ4v) is 17.4. The van der Waals surface area contributed by atoms with E-state index in [0.29, 0.717) is 26.1 Å². The van der Waals surface area contributed by atoms with Crippen LogP contribution >= 0.6 is 0 Å². The van der Waals surface area contributed by atoms with Crippen LogP contribution < -0.4 is 20.7 Å². The Morgan fingerprint density at radius 2 is 0.804 bits per heavy atom. The molecule has 4 aromatic rings. The number of rotatable bonds is 16. The van der Waals surface area contributed by atoms with Crippen LogP contribution in [0.3, 0.4) is 0 Å². The van der Waals surface area contributed by atoms with Gasteiger partial charge in [0.2, 0.25) is 0 Å². The molecule has 5 nitrogen and oxygen atoms in total. The van der Waals surface area contributed by atoms with Crippen molar-refractivity contribution in [2.45, 2.75) is 115 Å². The summed E-state index contributed by atoms with van der Waals surface area (Å²) in [5, 5.41) is 27.3. The number of ether oxygens (including phenoxy) is 1. The van der Waals surface area contributed by atoms with E-state index in [0.717, 1.165) is 25.7 Å². The van der Waals surface area contributed by atoms with Crippen molar-refractivity contribution >= 4 is 37.4 Å². The summed E-state index contributed by atoms with van der Waals surface area (Å²) in [6, 6.07) is 42.7.